The fourth-order valence-electron chi connectivity index (χ4n) is 4.13. The van der Waals surface area contributed by atoms with Gasteiger partial charge in [0.05, 0.1) is 5.56 Å². The molecule has 0 saturated carbocycles. The average molecular weight is 409 g/mol. The number of hydrogen-bond donors (Lipinski definition) is 2. The van der Waals surface area contributed by atoms with Crippen LogP contribution in [-0.4, -0.2) is 46.4 Å². The summed E-state index contributed by atoms with van der Waals surface area (Å²) in [6, 6.07) is 8.93. The van der Waals surface area contributed by atoms with Crippen LogP contribution in [0.5, 0.6) is 0 Å². The highest BCUT2D eigenvalue weighted by molar-refractivity contribution is 5.96. The number of hydrogen-bond acceptors (Lipinski definition) is 4. The summed E-state index contributed by atoms with van der Waals surface area (Å²) in [5.41, 5.74) is 4.94. The Morgan fingerprint density at radius 2 is 2.06 bits per heavy atom. The third-order valence-corrected chi connectivity index (χ3v) is 5.80. The average Bonchev–Trinajstić information content (AvgIpc) is 3.46. The number of amides is 1. The minimum absolute atomic E-state index is 0.227. The predicted molar refractivity (Wildman–Crippen MR) is 122 cm³/mol. The lowest BCUT2D eigenvalue weighted by molar-refractivity contribution is -0.122. The maximum absolute atomic E-state index is 11.9. The van der Waals surface area contributed by atoms with Crippen LogP contribution in [-0.2, 0) is 4.79 Å². The summed E-state index contributed by atoms with van der Waals surface area (Å²) in [5, 5.41) is 6.88. The van der Waals surface area contributed by atoms with E-state index in [0.717, 1.165) is 40.7 Å². The van der Waals surface area contributed by atoms with Crippen LogP contribution in [0.25, 0.3) is 32.9 Å². The molecule has 1 aliphatic rings. The van der Waals surface area contributed by atoms with Crippen LogP contribution in [0.2, 0.25) is 0 Å². The van der Waals surface area contributed by atoms with Gasteiger partial charge in [0, 0.05) is 67.2 Å². The first-order valence-corrected chi connectivity index (χ1v) is 10.4. The minimum atomic E-state index is -0.227. The zero-order valence-corrected chi connectivity index (χ0v) is 17.6. The number of nitrogens with one attached hydrogen (secondary N) is 2. The second kappa shape index (κ2) is 7.86. The predicted octanol–water partition coefficient (Wildman–Crippen LogP) is 3.64. The number of carbonyl (C=O) groups excluding carboxylic acids is 1. The van der Waals surface area contributed by atoms with E-state index in [9.17, 15) is 4.79 Å². The van der Waals surface area contributed by atoms with E-state index in [1.165, 1.54) is 27.7 Å². The molecule has 1 atom stereocenters. The lowest BCUT2D eigenvalue weighted by Crippen LogP contribution is -2.19. The Morgan fingerprint density at radius 1 is 1.16 bits per heavy atom. The van der Waals surface area contributed by atoms with Gasteiger partial charge in [0.25, 0.3) is 5.91 Å². The third-order valence-electron chi connectivity index (χ3n) is 5.80. The van der Waals surface area contributed by atoms with Crippen LogP contribution in [0.4, 0.5) is 0 Å². The topological polar surface area (TPSA) is 73.9 Å². The number of aromatic nitrogens is 3. The van der Waals surface area contributed by atoms with Crippen LogP contribution in [0.1, 0.15) is 30.0 Å². The lowest BCUT2D eigenvalue weighted by atomic mass is 9.94. The number of nitrogens with zero attached hydrogens (tertiary/aromatic N) is 3. The Balaban J connectivity index is 1.62. The zero-order valence-electron chi connectivity index (χ0n) is 17.6. The van der Waals surface area contributed by atoms with E-state index in [0.29, 0.717) is 6.04 Å². The van der Waals surface area contributed by atoms with E-state index in [1.54, 1.807) is 20.3 Å². The van der Waals surface area contributed by atoms with Crippen molar-refractivity contribution in [2.45, 2.75) is 18.9 Å². The van der Waals surface area contributed by atoms with Gasteiger partial charge in [-0.2, -0.15) is 0 Å². The van der Waals surface area contributed by atoms with E-state index in [4.69, 9.17) is 0 Å². The monoisotopic (exact) mass is 409 g/mol. The van der Waals surface area contributed by atoms with Gasteiger partial charge >= 0.3 is 0 Å². The number of carbonyl (C=O) groups is 1. The Bertz CT molecular complexity index is 1350. The van der Waals surface area contributed by atoms with Crippen molar-refractivity contribution in [3.8, 4) is 23.0 Å². The van der Waals surface area contributed by atoms with E-state index < -0.39 is 0 Å². The molecule has 6 nitrogen and oxygen atoms in total. The number of pyridine rings is 2. The van der Waals surface area contributed by atoms with Crippen LogP contribution < -0.4 is 5.32 Å². The molecule has 31 heavy (non-hydrogen) atoms. The molecule has 1 saturated heterocycles. The van der Waals surface area contributed by atoms with Gasteiger partial charge in [-0.25, -0.2) is 4.98 Å². The Hall–Kier alpha value is -3.69. The number of fused-ring (bicyclic) bond motifs is 2. The summed E-state index contributed by atoms with van der Waals surface area (Å²) in [6.45, 7) is 1.04. The molecule has 154 valence electrons. The van der Waals surface area contributed by atoms with Gasteiger partial charge in [0.2, 0.25) is 0 Å². The number of H-pyrrole nitrogens is 1. The Kier molecular flexibility index (Phi) is 4.89. The van der Waals surface area contributed by atoms with Gasteiger partial charge in [-0.05, 0) is 60.2 Å². The van der Waals surface area contributed by atoms with Crippen molar-refractivity contribution < 1.29 is 4.79 Å². The smallest absolute Gasteiger partial charge is 0.298 e. The van der Waals surface area contributed by atoms with Gasteiger partial charge in [-0.3, -0.25) is 9.78 Å². The Morgan fingerprint density at radius 3 is 2.87 bits per heavy atom. The van der Waals surface area contributed by atoms with Crippen LogP contribution in [0.15, 0.2) is 49.1 Å². The summed E-state index contributed by atoms with van der Waals surface area (Å²) in [5.74, 6) is 5.44. The van der Waals surface area contributed by atoms with Crippen LogP contribution in [0.3, 0.4) is 0 Å². The number of aromatic amines is 1. The van der Waals surface area contributed by atoms with Gasteiger partial charge in [-0.15, -0.1) is 0 Å². The summed E-state index contributed by atoms with van der Waals surface area (Å²) in [6.07, 6.45) is 9.79. The lowest BCUT2D eigenvalue weighted by Gasteiger charge is -2.16. The molecule has 1 fully saturated rings. The second-order valence-corrected chi connectivity index (χ2v) is 8.08. The molecular weight excluding hydrogens is 386 g/mol. The molecule has 2 N–H and O–H groups in total. The van der Waals surface area contributed by atoms with Crippen molar-refractivity contribution in [1.29, 1.82) is 0 Å². The standard InChI is InChI=1S/C25H23N5O/c1-30(2)24(31)6-5-17-13-28-25-20(17)12-19(14-29-25)18-10-16-7-9-26-15-22(16)21(11-18)23-4-3-8-27-23/h7,9-15,23,27H,3-4,8H2,1-2H3,(H,28,29). The Labute approximate surface area is 180 Å². The van der Waals surface area contributed by atoms with E-state index >= 15 is 0 Å². The quantitative estimate of drug-likeness (QED) is 0.496. The molecule has 4 heterocycles. The van der Waals surface area contributed by atoms with E-state index in [2.05, 4.69) is 56.4 Å². The summed E-state index contributed by atoms with van der Waals surface area (Å²) in [7, 11) is 3.38. The molecule has 0 bridgehead atoms. The highest BCUT2D eigenvalue weighted by atomic mass is 16.2. The van der Waals surface area contributed by atoms with Crippen molar-refractivity contribution in [2.75, 3.05) is 20.6 Å². The molecule has 1 aromatic carbocycles. The molecule has 4 aromatic rings. The fraction of sp³-hybridized carbons (Fsp3) is 0.240. The first-order chi connectivity index (χ1) is 15.1. The van der Waals surface area contributed by atoms with Gasteiger partial charge < -0.3 is 15.2 Å². The summed E-state index contributed by atoms with van der Waals surface area (Å²) < 4.78 is 0. The summed E-state index contributed by atoms with van der Waals surface area (Å²) >= 11 is 0. The first kappa shape index (κ1) is 19.3. The molecule has 6 heteroatoms. The van der Waals surface area contributed by atoms with Crippen LogP contribution in [0, 0.1) is 11.8 Å². The largest absolute Gasteiger partial charge is 0.345 e. The SMILES string of the molecule is CN(C)C(=O)C#Cc1c[nH]c2ncc(-c3cc(C4CCCN4)c4cnccc4c3)cc12. The normalized spacial score (nSPS) is 15.7. The van der Waals surface area contributed by atoms with Crippen molar-refractivity contribution >= 4 is 27.7 Å². The minimum Gasteiger partial charge on any atom is -0.345 e. The first-order valence-electron chi connectivity index (χ1n) is 10.4. The van der Waals surface area contributed by atoms with Gasteiger partial charge in [0.15, 0.2) is 0 Å². The van der Waals surface area contributed by atoms with Gasteiger partial charge in [0.1, 0.15) is 5.65 Å². The van der Waals surface area contributed by atoms with Crippen molar-refractivity contribution in [3.05, 3.63) is 60.2 Å². The maximum Gasteiger partial charge on any atom is 0.298 e. The van der Waals surface area contributed by atoms with Gasteiger partial charge in [-0.1, -0.05) is 5.92 Å². The molecule has 3 aromatic heterocycles. The number of benzene rings is 1. The highest BCUT2D eigenvalue weighted by Gasteiger charge is 2.20. The molecular formula is C25H23N5O. The molecule has 1 aliphatic heterocycles. The molecule has 0 spiro atoms. The van der Waals surface area contributed by atoms with E-state index in [-0.39, 0.29) is 5.91 Å². The molecule has 0 radical (unpaired) electrons. The zero-order chi connectivity index (χ0) is 21.4. The maximum atomic E-state index is 11.9. The molecule has 1 unspecified atom stereocenters. The van der Waals surface area contributed by atoms with Crippen molar-refractivity contribution in [2.24, 2.45) is 0 Å². The molecule has 1 amide bonds. The second-order valence-electron chi connectivity index (χ2n) is 8.08. The van der Waals surface area contributed by atoms with Crippen LogP contribution >= 0.6 is 0 Å². The summed E-state index contributed by atoms with van der Waals surface area (Å²) in [4.78, 5) is 25.4. The molecule has 5 rings (SSSR count). The van der Waals surface area contributed by atoms with Crippen molar-refractivity contribution in [1.82, 2.24) is 25.2 Å². The third kappa shape index (κ3) is 3.65. The van der Waals surface area contributed by atoms with E-state index in [1.807, 2.05) is 18.6 Å². The van der Waals surface area contributed by atoms with Crippen molar-refractivity contribution in [3.63, 3.8) is 0 Å². The number of rotatable bonds is 2. The fourth-order valence-corrected chi connectivity index (χ4v) is 4.13. The highest BCUT2D eigenvalue weighted by Crippen LogP contribution is 2.34. The molecule has 0 aliphatic carbocycles.